The molecule has 1 saturated carbocycles. The molecule has 0 aliphatic heterocycles. The Bertz CT molecular complexity index is 706. The van der Waals surface area contributed by atoms with Gasteiger partial charge in [0.05, 0.1) is 23.5 Å². The number of rotatable bonds is 7. The first-order chi connectivity index (χ1) is 12.9. The van der Waals surface area contributed by atoms with Crippen LogP contribution in [0.25, 0.3) is 0 Å². The minimum Gasteiger partial charge on any atom is -0.494 e. The van der Waals surface area contributed by atoms with Crippen molar-refractivity contribution in [3.05, 3.63) is 23.3 Å². The summed E-state index contributed by atoms with van der Waals surface area (Å²) >= 11 is 0. The fraction of sp³-hybridized carbons (Fsp3) is 0.667. The molecule has 1 fully saturated rings. The molecule has 158 valence electrons. The number of halogens is 3. The van der Waals surface area contributed by atoms with Crippen molar-refractivity contribution < 1.29 is 27.8 Å². The molecule has 0 aromatic heterocycles. The van der Waals surface area contributed by atoms with Crippen molar-refractivity contribution in [1.82, 2.24) is 0 Å². The van der Waals surface area contributed by atoms with Gasteiger partial charge in [0.2, 0.25) is 5.91 Å². The third kappa shape index (κ3) is 5.19. The van der Waals surface area contributed by atoms with Crippen LogP contribution < -0.4 is 9.64 Å². The number of ether oxygens (including phenoxy) is 1. The van der Waals surface area contributed by atoms with Gasteiger partial charge < -0.3 is 14.7 Å². The fourth-order valence-corrected chi connectivity index (χ4v) is 3.67. The predicted octanol–water partition coefficient (Wildman–Crippen LogP) is 4.96. The molecule has 1 aliphatic rings. The van der Waals surface area contributed by atoms with E-state index in [4.69, 9.17) is 4.74 Å². The summed E-state index contributed by atoms with van der Waals surface area (Å²) in [5, 5.41) is 10.0. The minimum atomic E-state index is -4.63. The topological polar surface area (TPSA) is 49.8 Å². The molecule has 0 saturated heterocycles. The first-order valence-corrected chi connectivity index (χ1v) is 9.74. The van der Waals surface area contributed by atoms with Crippen molar-refractivity contribution in [2.75, 3.05) is 11.5 Å². The second kappa shape index (κ2) is 8.31. The van der Waals surface area contributed by atoms with Crippen molar-refractivity contribution in [2.45, 2.75) is 78.1 Å². The van der Waals surface area contributed by atoms with E-state index in [1.54, 1.807) is 19.9 Å². The first kappa shape index (κ1) is 22.5. The average molecular weight is 401 g/mol. The van der Waals surface area contributed by atoms with Gasteiger partial charge in [0.15, 0.2) is 0 Å². The summed E-state index contributed by atoms with van der Waals surface area (Å²) in [4.78, 5) is 13.5. The van der Waals surface area contributed by atoms with E-state index in [-0.39, 0.29) is 24.3 Å². The highest BCUT2D eigenvalue weighted by molar-refractivity contribution is 5.94. The summed E-state index contributed by atoms with van der Waals surface area (Å²) in [6.45, 7) is 9.01. The van der Waals surface area contributed by atoms with Crippen LogP contribution in [0.4, 0.5) is 18.9 Å². The third-order valence-corrected chi connectivity index (χ3v) is 5.11. The van der Waals surface area contributed by atoms with Crippen molar-refractivity contribution in [3.8, 4) is 5.75 Å². The van der Waals surface area contributed by atoms with Crippen molar-refractivity contribution >= 4 is 11.6 Å². The van der Waals surface area contributed by atoms with Gasteiger partial charge >= 0.3 is 6.18 Å². The maximum Gasteiger partial charge on any atom is 0.418 e. The molecule has 0 atom stereocenters. The Morgan fingerprint density at radius 2 is 1.96 bits per heavy atom. The van der Waals surface area contributed by atoms with Gasteiger partial charge in [-0.1, -0.05) is 20.8 Å². The van der Waals surface area contributed by atoms with E-state index in [9.17, 15) is 23.1 Å². The molecule has 1 aliphatic carbocycles. The minimum absolute atomic E-state index is 0.112. The zero-order valence-corrected chi connectivity index (χ0v) is 17.2. The van der Waals surface area contributed by atoms with Gasteiger partial charge in [-0.25, -0.2) is 0 Å². The molecule has 2 rings (SSSR count). The second-order valence-corrected chi connectivity index (χ2v) is 8.31. The largest absolute Gasteiger partial charge is 0.494 e. The Morgan fingerprint density at radius 3 is 2.39 bits per heavy atom. The quantitative estimate of drug-likeness (QED) is 0.703. The number of aryl methyl sites for hydroxylation is 1. The molecule has 0 bridgehead atoms. The second-order valence-electron chi connectivity index (χ2n) is 8.31. The fourth-order valence-electron chi connectivity index (χ4n) is 3.67. The maximum atomic E-state index is 13.9. The van der Waals surface area contributed by atoms with Gasteiger partial charge in [-0.2, -0.15) is 13.2 Å². The van der Waals surface area contributed by atoms with Crippen LogP contribution in [0.15, 0.2) is 12.1 Å². The van der Waals surface area contributed by atoms with E-state index in [1.807, 2.05) is 13.8 Å². The lowest BCUT2D eigenvalue weighted by atomic mass is 9.76. The lowest BCUT2D eigenvalue weighted by Crippen LogP contribution is -2.55. The smallest absolute Gasteiger partial charge is 0.418 e. The van der Waals surface area contributed by atoms with Crippen LogP contribution in [-0.2, 0) is 17.4 Å². The molecule has 1 aromatic carbocycles. The lowest BCUT2D eigenvalue weighted by Gasteiger charge is -2.47. The van der Waals surface area contributed by atoms with E-state index in [0.29, 0.717) is 24.5 Å². The van der Waals surface area contributed by atoms with Gasteiger partial charge in [0.1, 0.15) is 5.75 Å². The highest BCUT2D eigenvalue weighted by Gasteiger charge is 2.46. The molecular formula is C21H30F3NO3. The molecule has 28 heavy (non-hydrogen) atoms. The van der Waals surface area contributed by atoms with Gasteiger partial charge in [-0.05, 0) is 56.2 Å². The Balaban J connectivity index is 2.50. The average Bonchev–Trinajstić information content (AvgIpc) is 2.52. The Morgan fingerprint density at radius 1 is 1.36 bits per heavy atom. The number of hydrogen-bond acceptors (Lipinski definition) is 3. The maximum absolute atomic E-state index is 13.9. The summed E-state index contributed by atoms with van der Waals surface area (Å²) in [6, 6.07) is 2.13. The SMILES string of the molecule is CCc1cc(OCCC(C)C)cc(C(F)(F)F)c1N(C(C)=O)C1CC(C)(O)C1. The zero-order chi connectivity index (χ0) is 21.3. The van der Waals surface area contributed by atoms with Crippen LogP contribution in [0, 0.1) is 5.92 Å². The molecular weight excluding hydrogens is 371 g/mol. The number of hydrogen-bond donors (Lipinski definition) is 1. The number of amides is 1. The summed E-state index contributed by atoms with van der Waals surface area (Å²) in [6.07, 6.45) is -3.07. The highest BCUT2D eigenvalue weighted by Crippen LogP contribution is 2.45. The van der Waals surface area contributed by atoms with Crippen LogP contribution in [-0.4, -0.2) is 29.3 Å². The standard InChI is InChI=1S/C21H30F3NO3/c1-6-15-9-17(28-8-7-13(2)3)10-18(21(22,23)24)19(15)25(14(4)26)16-11-20(5,27)12-16/h9-10,13,16,27H,6-8,11-12H2,1-5H3. The van der Waals surface area contributed by atoms with Crippen LogP contribution in [0.3, 0.4) is 0 Å². The first-order valence-electron chi connectivity index (χ1n) is 9.74. The van der Waals surface area contributed by atoms with Crippen molar-refractivity contribution in [1.29, 1.82) is 0 Å². The predicted molar refractivity (Wildman–Crippen MR) is 103 cm³/mol. The van der Waals surface area contributed by atoms with Gasteiger partial charge in [-0.3, -0.25) is 4.79 Å². The number of carbonyl (C=O) groups is 1. The van der Waals surface area contributed by atoms with E-state index in [2.05, 4.69) is 0 Å². The van der Waals surface area contributed by atoms with E-state index >= 15 is 0 Å². The van der Waals surface area contributed by atoms with Crippen LogP contribution >= 0.6 is 0 Å². The molecule has 4 nitrogen and oxygen atoms in total. The van der Waals surface area contributed by atoms with Gasteiger partial charge in [0, 0.05) is 13.0 Å². The van der Waals surface area contributed by atoms with Crippen molar-refractivity contribution in [3.63, 3.8) is 0 Å². The zero-order valence-electron chi connectivity index (χ0n) is 17.2. The summed E-state index contributed by atoms with van der Waals surface area (Å²) in [5.41, 5.74) is -1.52. The molecule has 1 aromatic rings. The van der Waals surface area contributed by atoms with Gasteiger partial charge in [0.25, 0.3) is 0 Å². The Hall–Kier alpha value is -1.76. The number of alkyl halides is 3. The molecule has 0 unspecified atom stereocenters. The van der Waals surface area contributed by atoms with Gasteiger partial charge in [-0.15, -0.1) is 0 Å². The normalized spacial score (nSPS) is 22.1. The van der Waals surface area contributed by atoms with Crippen molar-refractivity contribution in [2.24, 2.45) is 5.92 Å². The van der Waals surface area contributed by atoms with E-state index in [1.165, 1.54) is 11.8 Å². The number of nitrogens with zero attached hydrogens (tertiary/aromatic N) is 1. The molecule has 0 spiro atoms. The number of anilines is 1. The number of aliphatic hydroxyl groups is 1. The molecule has 1 N–H and O–H groups in total. The summed E-state index contributed by atoms with van der Waals surface area (Å²) in [5.74, 6) is 0.0819. The monoisotopic (exact) mass is 401 g/mol. The summed E-state index contributed by atoms with van der Waals surface area (Å²) in [7, 11) is 0. The Kier molecular flexibility index (Phi) is 6.69. The number of benzene rings is 1. The van der Waals surface area contributed by atoms with Crippen LogP contribution in [0.1, 0.15) is 65.0 Å². The van der Waals surface area contributed by atoms with Crippen LogP contribution in [0.2, 0.25) is 0 Å². The third-order valence-electron chi connectivity index (χ3n) is 5.11. The van der Waals surface area contributed by atoms with Crippen LogP contribution in [0.5, 0.6) is 5.75 Å². The molecule has 7 heteroatoms. The van der Waals surface area contributed by atoms with E-state index in [0.717, 1.165) is 12.5 Å². The molecule has 1 amide bonds. The molecule has 0 heterocycles. The highest BCUT2D eigenvalue weighted by atomic mass is 19.4. The summed E-state index contributed by atoms with van der Waals surface area (Å²) < 4.78 is 47.3. The number of carbonyl (C=O) groups excluding carboxylic acids is 1. The lowest BCUT2D eigenvalue weighted by molar-refractivity contribution is -0.137. The Labute approximate surface area is 164 Å². The van der Waals surface area contributed by atoms with E-state index < -0.39 is 29.3 Å². The molecule has 0 radical (unpaired) electrons.